The number of amides is 1. The van der Waals surface area contributed by atoms with E-state index in [1.807, 2.05) is 25.7 Å². The summed E-state index contributed by atoms with van der Waals surface area (Å²) in [7, 11) is 0. The zero-order chi connectivity index (χ0) is 26.2. The molecule has 202 valence electrons. The van der Waals surface area contributed by atoms with Crippen molar-refractivity contribution in [2.45, 2.75) is 123 Å². The van der Waals surface area contributed by atoms with Gasteiger partial charge in [0.15, 0.2) is 0 Å². The summed E-state index contributed by atoms with van der Waals surface area (Å²) in [4.78, 5) is 15.4. The van der Waals surface area contributed by atoms with Gasteiger partial charge in [-0.2, -0.15) is 0 Å². The summed E-state index contributed by atoms with van der Waals surface area (Å²) in [6.07, 6.45) is 12.1. The number of rotatable bonds is 11. The van der Waals surface area contributed by atoms with Crippen molar-refractivity contribution in [1.29, 1.82) is 0 Å². The van der Waals surface area contributed by atoms with Gasteiger partial charge >= 0.3 is 226 Å². The van der Waals surface area contributed by atoms with Crippen molar-refractivity contribution >= 4 is 24.5 Å². The van der Waals surface area contributed by atoms with Crippen LogP contribution in [-0.2, 0) is 9.47 Å². The van der Waals surface area contributed by atoms with Gasteiger partial charge in [0.05, 0.1) is 0 Å². The van der Waals surface area contributed by atoms with Crippen molar-refractivity contribution in [1.82, 2.24) is 4.90 Å². The molecule has 0 bridgehead atoms. The number of likely N-dealkylation sites (tertiary alicyclic amines) is 1. The van der Waals surface area contributed by atoms with E-state index in [0.29, 0.717) is 6.54 Å². The molecule has 0 aromatic heterocycles. The van der Waals surface area contributed by atoms with Crippen molar-refractivity contribution in [3.63, 3.8) is 0 Å². The molecule has 2 atom stereocenters. The van der Waals surface area contributed by atoms with Crippen LogP contribution in [0.2, 0.25) is 13.3 Å². The number of carbonyl (C=O) groups excluding carboxylic acids is 1. The second-order valence-corrected chi connectivity index (χ2v) is 25.5. The van der Waals surface area contributed by atoms with E-state index in [-0.39, 0.29) is 12.1 Å². The summed E-state index contributed by atoms with van der Waals surface area (Å²) in [5, 5.41) is 0. The molecule has 5 heteroatoms. The van der Waals surface area contributed by atoms with Crippen LogP contribution in [0.3, 0.4) is 0 Å². The number of hydrogen-bond acceptors (Lipinski definition) is 3. The normalized spacial score (nSPS) is 22.7. The number of nitrogens with zero attached hydrogens (tertiary/aromatic N) is 1. The van der Waals surface area contributed by atoms with Gasteiger partial charge < -0.3 is 0 Å². The number of carbonyl (C=O) groups is 1. The summed E-state index contributed by atoms with van der Waals surface area (Å²) in [6, 6.07) is 10.4. The first-order valence-electron chi connectivity index (χ1n) is 14.6. The van der Waals surface area contributed by atoms with Crippen molar-refractivity contribution in [3.8, 4) is 0 Å². The first kappa shape index (κ1) is 29.5. The summed E-state index contributed by atoms with van der Waals surface area (Å²) < 4.78 is 18.9. The molecule has 0 unspecified atom stereocenters. The van der Waals surface area contributed by atoms with Gasteiger partial charge in [-0.1, -0.05) is 0 Å². The molecule has 1 fully saturated rings. The van der Waals surface area contributed by atoms with E-state index < -0.39 is 29.6 Å². The van der Waals surface area contributed by atoms with Gasteiger partial charge in [0.2, 0.25) is 0 Å². The van der Waals surface area contributed by atoms with Crippen LogP contribution in [0.5, 0.6) is 0 Å². The molecular formula is C31H51NO3Sn. The monoisotopic (exact) mass is 605 g/mol. The average Bonchev–Trinajstić information content (AvgIpc) is 3.27. The predicted molar refractivity (Wildman–Crippen MR) is 153 cm³/mol. The molecule has 1 aromatic rings. The van der Waals surface area contributed by atoms with Gasteiger partial charge in [0.1, 0.15) is 0 Å². The van der Waals surface area contributed by atoms with E-state index in [0.717, 1.165) is 25.0 Å². The van der Waals surface area contributed by atoms with Gasteiger partial charge in [-0.25, -0.2) is 0 Å². The van der Waals surface area contributed by atoms with E-state index in [4.69, 9.17) is 9.47 Å². The van der Waals surface area contributed by atoms with Crippen LogP contribution in [0.25, 0.3) is 0 Å². The molecular weight excluding hydrogens is 553 g/mol. The zero-order valence-electron chi connectivity index (χ0n) is 23.9. The van der Waals surface area contributed by atoms with Gasteiger partial charge in [-0.3, -0.25) is 0 Å². The molecule has 0 saturated carbocycles. The molecule has 1 saturated heterocycles. The van der Waals surface area contributed by atoms with Gasteiger partial charge in [-0.15, -0.1) is 0 Å². The third-order valence-corrected chi connectivity index (χ3v) is 24.0. The Bertz CT molecular complexity index is 841. The first-order chi connectivity index (χ1) is 17.2. The van der Waals surface area contributed by atoms with Crippen molar-refractivity contribution in [2.75, 3.05) is 13.2 Å². The quantitative estimate of drug-likeness (QED) is 0.237. The topological polar surface area (TPSA) is 38.8 Å². The van der Waals surface area contributed by atoms with Crippen LogP contribution in [0, 0.1) is 0 Å². The van der Waals surface area contributed by atoms with Crippen molar-refractivity contribution in [3.05, 3.63) is 45.6 Å². The van der Waals surface area contributed by atoms with E-state index >= 15 is 0 Å². The van der Waals surface area contributed by atoms with Crippen LogP contribution in [0.15, 0.2) is 40.0 Å². The van der Waals surface area contributed by atoms with E-state index in [9.17, 15) is 4.79 Å². The van der Waals surface area contributed by atoms with Crippen LogP contribution in [0.4, 0.5) is 4.79 Å². The molecule has 2 aliphatic heterocycles. The second kappa shape index (κ2) is 13.2. The molecule has 36 heavy (non-hydrogen) atoms. The number of piperidine rings is 1. The Labute approximate surface area is 225 Å². The van der Waals surface area contributed by atoms with E-state index in [1.54, 1.807) is 3.59 Å². The third kappa shape index (κ3) is 7.09. The van der Waals surface area contributed by atoms with Gasteiger partial charge in [0.25, 0.3) is 0 Å². The van der Waals surface area contributed by atoms with Crippen LogP contribution in [-0.4, -0.2) is 53.7 Å². The third-order valence-electron chi connectivity index (χ3n) is 8.11. The average molecular weight is 604 g/mol. The Hall–Kier alpha value is -1.01. The SMILES string of the molecule is CCC[CH2][Sn]([CH2]CCC)([CH2]CCC)[C]1=C[C@@]2(CCCN(C(=O)OC(C)(C)C)[C@H]2c2ccccc2)OC1. The minimum absolute atomic E-state index is 0.146. The van der Waals surface area contributed by atoms with Crippen LogP contribution in [0.1, 0.15) is 105 Å². The van der Waals surface area contributed by atoms with E-state index in [2.05, 4.69) is 57.2 Å². The number of unbranched alkanes of at least 4 members (excludes halogenated alkanes) is 3. The standard InChI is InChI=1S/C19H24NO3.3C4H9.Sn/c1-18(2,3)23-17(21)20-13-7-11-19(12-8-14-22-19)16(20)15-9-5-4-6-10-15;3*1-3-4-2;/h4-6,9-10,12,16H,7,11,13-14H2,1-3H3;3*1,3-4H2,2H3;/t16-,19+;;;;/m0..../s1. The Morgan fingerprint density at radius 1 is 1.03 bits per heavy atom. The van der Waals surface area contributed by atoms with Gasteiger partial charge in [0, 0.05) is 0 Å². The first-order valence-corrected chi connectivity index (χ1v) is 22.1. The minimum atomic E-state index is -2.60. The number of hydrogen-bond donors (Lipinski definition) is 0. The molecule has 0 N–H and O–H groups in total. The van der Waals surface area contributed by atoms with Crippen LogP contribution >= 0.6 is 0 Å². The fourth-order valence-corrected chi connectivity index (χ4v) is 22.6. The molecule has 4 nitrogen and oxygen atoms in total. The van der Waals surface area contributed by atoms with Crippen LogP contribution < -0.4 is 0 Å². The molecule has 1 aromatic carbocycles. The van der Waals surface area contributed by atoms with Crippen molar-refractivity contribution < 1.29 is 14.3 Å². The maximum absolute atomic E-state index is 13.5. The zero-order valence-corrected chi connectivity index (χ0v) is 26.8. The summed E-state index contributed by atoms with van der Waals surface area (Å²) >= 11 is -2.60. The molecule has 0 radical (unpaired) electrons. The van der Waals surface area contributed by atoms with E-state index in [1.165, 1.54) is 51.8 Å². The van der Waals surface area contributed by atoms with Gasteiger partial charge in [-0.05, 0) is 0 Å². The molecule has 1 spiro atoms. The summed E-state index contributed by atoms with van der Waals surface area (Å²) in [5.41, 5.74) is 0.183. The molecule has 3 rings (SSSR count). The fraction of sp³-hybridized carbons (Fsp3) is 0.710. The molecule has 2 aliphatic rings. The maximum atomic E-state index is 13.5. The fourth-order valence-electron chi connectivity index (χ4n) is 6.27. The Kier molecular flexibility index (Phi) is 10.8. The molecule has 2 heterocycles. The van der Waals surface area contributed by atoms with Crippen molar-refractivity contribution in [2.24, 2.45) is 0 Å². The second-order valence-electron chi connectivity index (χ2n) is 12.1. The Morgan fingerprint density at radius 3 is 2.14 bits per heavy atom. The number of ether oxygens (including phenoxy) is 2. The summed E-state index contributed by atoms with van der Waals surface area (Å²) in [5.74, 6) is 0. The predicted octanol–water partition coefficient (Wildman–Crippen LogP) is 8.84. The molecule has 1 amide bonds. The number of benzene rings is 1. The Morgan fingerprint density at radius 2 is 1.61 bits per heavy atom. The summed E-state index contributed by atoms with van der Waals surface area (Å²) in [6.45, 7) is 14.3. The molecule has 0 aliphatic carbocycles. The Balaban J connectivity index is 2.06.